The second-order valence-corrected chi connectivity index (χ2v) is 5.23. The maximum Gasteiger partial charge on any atom is 0.224 e. The standard InChI is InChI=1S/C15H19NO3/c17-15-4-1-12-9-13(2-3-14(12)16-15)19-10-11-5-7-18-8-6-11/h2-3,9,11H,1,4-8,10H2,(H,16,17). The van der Waals surface area contributed by atoms with Gasteiger partial charge in [-0.2, -0.15) is 0 Å². The fourth-order valence-electron chi connectivity index (χ4n) is 2.58. The monoisotopic (exact) mass is 261 g/mol. The molecule has 0 unspecified atom stereocenters. The minimum absolute atomic E-state index is 0.100. The van der Waals surface area contributed by atoms with Crippen LogP contribution in [-0.2, 0) is 16.0 Å². The summed E-state index contributed by atoms with van der Waals surface area (Å²) in [6, 6.07) is 5.92. The number of rotatable bonds is 3. The fourth-order valence-corrected chi connectivity index (χ4v) is 2.58. The highest BCUT2D eigenvalue weighted by molar-refractivity contribution is 5.93. The van der Waals surface area contributed by atoms with E-state index in [4.69, 9.17) is 9.47 Å². The molecule has 1 saturated heterocycles. The van der Waals surface area contributed by atoms with Gasteiger partial charge in [0, 0.05) is 25.3 Å². The van der Waals surface area contributed by atoms with E-state index in [1.165, 1.54) is 5.56 Å². The van der Waals surface area contributed by atoms with Crippen molar-refractivity contribution in [3.05, 3.63) is 23.8 Å². The van der Waals surface area contributed by atoms with Gasteiger partial charge < -0.3 is 14.8 Å². The van der Waals surface area contributed by atoms with Crippen molar-refractivity contribution < 1.29 is 14.3 Å². The Hall–Kier alpha value is -1.55. The Morgan fingerprint density at radius 1 is 1.26 bits per heavy atom. The first kappa shape index (κ1) is 12.5. The van der Waals surface area contributed by atoms with Crippen molar-refractivity contribution in [2.75, 3.05) is 25.1 Å². The molecule has 1 fully saturated rings. The van der Waals surface area contributed by atoms with Gasteiger partial charge in [0.05, 0.1) is 6.61 Å². The largest absolute Gasteiger partial charge is 0.493 e. The summed E-state index contributed by atoms with van der Waals surface area (Å²) in [5.74, 6) is 1.61. The Morgan fingerprint density at radius 3 is 2.95 bits per heavy atom. The maximum atomic E-state index is 11.3. The molecule has 0 spiro atoms. The van der Waals surface area contributed by atoms with Crippen molar-refractivity contribution in [2.24, 2.45) is 5.92 Å². The second-order valence-electron chi connectivity index (χ2n) is 5.23. The lowest BCUT2D eigenvalue weighted by Gasteiger charge is -2.23. The lowest BCUT2D eigenvalue weighted by atomic mass is 10.0. The number of benzene rings is 1. The lowest BCUT2D eigenvalue weighted by Crippen LogP contribution is -2.22. The average Bonchev–Trinajstić information content (AvgIpc) is 2.46. The van der Waals surface area contributed by atoms with Crippen LogP contribution in [0.5, 0.6) is 5.75 Å². The van der Waals surface area contributed by atoms with Gasteiger partial charge >= 0.3 is 0 Å². The number of hydrogen-bond donors (Lipinski definition) is 1. The van der Waals surface area contributed by atoms with Crippen LogP contribution in [0.15, 0.2) is 18.2 Å². The minimum Gasteiger partial charge on any atom is -0.493 e. The molecule has 0 aromatic heterocycles. The zero-order valence-electron chi connectivity index (χ0n) is 11.0. The zero-order chi connectivity index (χ0) is 13.1. The first-order valence-corrected chi connectivity index (χ1v) is 6.94. The fraction of sp³-hybridized carbons (Fsp3) is 0.533. The quantitative estimate of drug-likeness (QED) is 0.908. The molecule has 2 aliphatic rings. The zero-order valence-corrected chi connectivity index (χ0v) is 11.0. The maximum absolute atomic E-state index is 11.3. The molecule has 3 rings (SSSR count). The number of aryl methyl sites for hydroxylation is 1. The first-order valence-electron chi connectivity index (χ1n) is 6.94. The van der Waals surface area contributed by atoms with Gasteiger partial charge in [0.2, 0.25) is 5.91 Å². The average molecular weight is 261 g/mol. The Labute approximate surface area is 113 Å². The summed E-state index contributed by atoms with van der Waals surface area (Å²) in [4.78, 5) is 11.3. The summed E-state index contributed by atoms with van der Waals surface area (Å²) in [6.45, 7) is 2.46. The van der Waals surface area contributed by atoms with E-state index < -0.39 is 0 Å². The van der Waals surface area contributed by atoms with Gasteiger partial charge in [0.15, 0.2) is 0 Å². The number of fused-ring (bicyclic) bond motifs is 1. The van der Waals surface area contributed by atoms with Crippen LogP contribution in [0.2, 0.25) is 0 Å². The van der Waals surface area contributed by atoms with Crippen molar-refractivity contribution in [2.45, 2.75) is 25.7 Å². The molecule has 0 saturated carbocycles. The number of nitrogens with one attached hydrogen (secondary N) is 1. The minimum atomic E-state index is 0.100. The van der Waals surface area contributed by atoms with Crippen LogP contribution < -0.4 is 10.1 Å². The molecule has 2 aliphatic heterocycles. The van der Waals surface area contributed by atoms with Crippen LogP contribution >= 0.6 is 0 Å². The highest BCUT2D eigenvalue weighted by Gasteiger charge is 2.17. The Balaban J connectivity index is 1.60. The number of anilines is 1. The van der Waals surface area contributed by atoms with Gasteiger partial charge in [-0.05, 0) is 48.9 Å². The predicted molar refractivity (Wildman–Crippen MR) is 72.4 cm³/mol. The highest BCUT2D eigenvalue weighted by Crippen LogP contribution is 2.27. The molecule has 2 heterocycles. The number of carbonyl (C=O) groups is 1. The molecule has 4 heteroatoms. The van der Waals surface area contributed by atoms with Crippen LogP contribution in [0, 0.1) is 5.92 Å². The number of hydrogen-bond acceptors (Lipinski definition) is 3. The van der Waals surface area contributed by atoms with Crippen LogP contribution in [-0.4, -0.2) is 25.7 Å². The molecule has 1 amide bonds. The number of amides is 1. The van der Waals surface area contributed by atoms with Gasteiger partial charge in [-0.3, -0.25) is 4.79 Å². The van der Waals surface area contributed by atoms with E-state index >= 15 is 0 Å². The molecule has 1 aromatic rings. The van der Waals surface area contributed by atoms with Gasteiger partial charge in [0.25, 0.3) is 0 Å². The summed E-state index contributed by atoms with van der Waals surface area (Å²) < 4.78 is 11.2. The van der Waals surface area contributed by atoms with Gasteiger partial charge in [-0.15, -0.1) is 0 Å². The van der Waals surface area contributed by atoms with E-state index in [1.807, 2.05) is 18.2 Å². The third kappa shape index (κ3) is 3.07. The summed E-state index contributed by atoms with van der Waals surface area (Å²) in [5, 5.41) is 2.88. The predicted octanol–water partition coefficient (Wildman–Crippen LogP) is 2.38. The van der Waals surface area contributed by atoms with Gasteiger partial charge in [0.1, 0.15) is 5.75 Å². The van der Waals surface area contributed by atoms with E-state index in [1.54, 1.807) is 0 Å². The van der Waals surface area contributed by atoms with Crippen LogP contribution in [0.3, 0.4) is 0 Å². The Bertz CT molecular complexity index is 466. The summed E-state index contributed by atoms with van der Waals surface area (Å²) in [7, 11) is 0. The molecule has 4 nitrogen and oxygen atoms in total. The number of carbonyl (C=O) groups excluding carboxylic acids is 1. The third-order valence-corrected chi connectivity index (χ3v) is 3.80. The topological polar surface area (TPSA) is 47.6 Å². The molecule has 0 bridgehead atoms. The van der Waals surface area contributed by atoms with Crippen molar-refractivity contribution in [3.63, 3.8) is 0 Å². The normalized spacial score (nSPS) is 19.7. The lowest BCUT2D eigenvalue weighted by molar-refractivity contribution is -0.116. The Kier molecular flexibility index (Phi) is 3.69. The Morgan fingerprint density at radius 2 is 2.11 bits per heavy atom. The van der Waals surface area contributed by atoms with E-state index in [-0.39, 0.29) is 5.91 Å². The number of ether oxygens (including phenoxy) is 2. The van der Waals surface area contributed by atoms with Gasteiger partial charge in [-0.25, -0.2) is 0 Å². The first-order chi connectivity index (χ1) is 9.31. The second kappa shape index (κ2) is 5.61. The third-order valence-electron chi connectivity index (χ3n) is 3.80. The van der Waals surface area contributed by atoms with Crippen LogP contribution in [0.25, 0.3) is 0 Å². The SMILES string of the molecule is O=C1CCc2cc(OCC3CCOCC3)ccc2N1. The molecule has 19 heavy (non-hydrogen) atoms. The smallest absolute Gasteiger partial charge is 0.224 e. The molecule has 0 atom stereocenters. The van der Waals surface area contributed by atoms with E-state index in [9.17, 15) is 4.79 Å². The molecular weight excluding hydrogens is 242 g/mol. The van der Waals surface area contributed by atoms with E-state index in [0.29, 0.717) is 12.3 Å². The summed E-state index contributed by atoms with van der Waals surface area (Å²) in [6.07, 6.45) is 3.54. The molecule has 102 valence electrons. The molecule has 1 N–H and O–H groups in total. The van der Waals surface area contributed by atoms with Crippen molar-refractivity contribution in [1.82, 2.24) is 0 Å². The van der Waals surface area contributed by atoms with Crippen LogP contribution in [0.1, 0.15) is 24.8 Å². The molecule has 0 radical (unpaired) electrons. The van der Waals surface area contributed by atoms with E-state index in [2.05, 4.69) is 5.32 Å². The van der Waals surface area contributed by atoms with Crippen molar-refractivity contribution in [1.29, 1.82) is 0 Å². The molecule has 1 aromatic carbocycles. The molecule has 0 aliphatic carbocycles. The van der Waals surface area contributed by atoms with E-state index in [0.717, 1.165) is 50.5 Å². The molecular formula is C15H19NO3. The van der Waals surface area contributed by atoms with Gasteiger partial charge in [-0.1, -0.05) is 0 Å². The van der Waals surface area contributed by atoms with Crippen LogP contribution in [0.4, 0.5) is 5.69 Å². The summed E-state index contributed by atoms with van der Waals surface area (Å²) >= 11 is 0. The van der Waals surface area contributed by atoms with Crippen molar-refractivity contribution >= 4 is 11.6 Å². The van der Waals surface area contributed by atoms with Crippen molar-refractivity contribution in [3.8, 4) is 5.75 Å². The highest BCUT2D eigenvalue weighted by atomic mass is 16.5. The summed E-state index contributed by atoms with van der Waals surface area (Å²) in [5.41, 5.74) is 2.10.